The molecule has 1 N–H and O–H groups in total. The highest BCUT2D eigenvalue weighted by Gasteiger charge is 2.28. The predicted octanol–water partition coefficient (Wildman–Crippen LogP) is 4.14. The summed E-state index contributed by atoms with van der Waals surface area (Å²) in [5.41, 5.74) is 1.07. The van der Waals surface area contributed by atoms with E-state index in [4.69, 9.17) is 25.4 Å². The lowest BCUT2D eigenvalue weighted by Crippen LogP contribution is -2.14. The second-order valence-corrected chi connectivity index (χ2v) is 8.95. The molecule has 0 bridgehead atoms. The molecule has 0 aliphatic rings. The maximum atomic E-state index is 12.7. The fourth-order valence-corrected chi connectivity index (χ4v) is 3.82. The molecular formula is C17H21ClN3O5PS. The zero-order valence-corrected chi connectivity index (χ0v) is 18.4. The summed E-state index contributed by atoms with van der Waals surface area (Å²) in [5, 5.41) is 4.09. The third-order valence-corrected chi connectivity index (χ3v) is 6.46. The van der Waals surface area contributed by atoms with E-state index in [0.717, 1.165) is 5.56 Å². The smallest absolute Gasteiger partial charge is 0.337 e. The van der Waals surface area contributed by atoms with Crippen molar-refractivity contribution in [1.29, 1.82) is 0 Å². The Morgan fingerprint density at radius 3 is 2.57 bits per heavy atom. The van der Waals surface area contributed by atoms with Crippen LogP contribution in [0, 0.1) is 0 Å². The number of nitrogens with zero attached hydrogens (tertiary/aromatic N) is 2. The molecule has 0 saturated heterocycles. The summed E-state index contributed by atoms with van der Waals surface area (Å²) >= 11 is 7.49. The number of hydrogen-bond acceptors (Lipinski definition) is 9. The highest BCUT2D eigenvalue weighted by Crippen LogP contribution is 2.46. The average Bonchev–Trinajstić information content (AvgIpc) is 2.71. The zero-order valence-electron chi connectivity index (χ0n) is 15.9. The van der Waals surface area contributed by atoms with Gasteiger partial charge >= 0.3 is 7.60 Å². The van der Waals surface area contributed by atoms with Crippen molar-refractivity contribution in [2.24, 2.45) is 0 Å². The Morgan fingerprint density at radius 1 is 1.29 bits per heavy atom. The van der Waals surface area contributed by atoms with Crippen LogP contribution >= 0.6 is 31.0 Å². The lowest BCUT2D eigenvalue weighted by molar-refractivity contribution is 0.101. The minimum atomic E-state index is -3.50. The largest absolute Gasteiger partial charge is 0.495 e. The van der Waals surface area contributed by atoms with E-state index in [2.05, 4.69) is 15.3 Å². The molecule has 11 heteroatoms. The number of ketones is 1. The normalized spacial score (nSPS) is 11.3. The number of aromatic nitrogens is 2. The van der Waals surface area contributed by atoms with Crippen molar-refractivity contribution in [2.45, 2.75) is 11.7 Å². The number of nitrogens with one attached hydrogen (secondary N) is 1. The average molecular weight is 446 g/mol. The summed E-state index contributed by atoms with van der Waals surface area (Å²) in [6.07, 6.45) is 2.82. The van der Waals surface area contributed by atoms with Gasteiger partial charge in [-0.3, -0.25) is 9.36 Å². The lowest BCUT2D eigenvalue weighted by atomic mass is 10.2. The van der Waals surface area contributed by atoms with Gasteiger partial charge in [-0.1, -0.05) is 29.4 Å². The molecule has 1 heterocycles. The maximum absolute atomic E-state index is 12.7. The van der Waals surface area contributed by atoms with Crippen molar-refractivity contribution in [2.75, 3.05) is 39.1 Å². The van der Waals surface area contributed by atoms with E-state index in [1.165, 1.54) is 32.2 Å². The quantitative estimate of drug-likeness (QED) is 0.250. The highest BCUT2D eigenvalue weighted by molar-refractivity contribution is 7.98. The van der Waals surface area contributed by atoms with Crippen molar-refractivity contribution in [3.8, 4) is 5.75 Å². The number of thioether (sulfide) groups is 1. The summed E-state index contributed by atoms with van der Waals surface area (Å²) in [4.78, 5) is 21.1. The van der Waals surface area contributed by atoms with Crippen molar-refractivity contribution < 1.29 is 23.1 Å². The zero-order chi connectivity index (χ0) is 20.7. The van der Waals surface area contributed by atoms with Gasteiger partial charge in [0, 0.05) is 27.0 Å². The summed E-state index contributed by atoms with van der Waals surface area (Å²) < 4.78 is 27.1. The van der Waals surface area contributed by atoms with Gasteiger partial charge < -0.3 is 19.1 Å². The molecule has 1 aromatic carbocycles. The Bertz CT molecular complexity index is 891. The van der Waals surface area contributed by atoms with Crippen LogP contribution in [0.15, 0.2) is 29.6 Å². The Morgan fingerprint density at radius 2 is 2.00 bits per heavy atom. The van der Waals surface area contributed by atoms with Gasteiger partial charge in [-0.25, -0.2) is 9.97 Å². The Balaban J connectivity index is 2.26. The van der Waals surface area contributed by atoms with E-state index in [1.807, 2.05) is 12.3 Å². The van der Waals surface area contributed by atoms with E-state index in [-0.39, 0.29) is 5.56 Å². The van der Waals surface area contributed by atoms with Gasteiger partial charge in [0.15, 0.2) is 10.9 Å². The minimum Gasteiger partial charge on any atom is -0.495 e. The summed E-state index contributed by atoms with van der Waals surface area (Å²) in [6, 6.07) is 5.36. The molecule has 2 rings (SSSR count). The molecule has 8 nitrogen and oxygen atoms in total. The first kappa shape index (κ1) is 22.6. The lowest BCUT2D eigenvalue weighted by Gasteiger charge is -2.15. The van der Waals surface area contributed by atoms with Crippen LogP contribution in [0.4, 0.5) is 5.82 Å². The van der Waals surface area contributed by atoms with Crippen LogP contribution in [0.3, 0.4) is 0 Å². The number of carbonyl (C=O) groups excluding carboxylic acids is 1. The third kappa shape index (κ3) is 5.68. The first-order chi connectivity index (χ1) is 13.4. The standard InChI is InChI=1S/C17H21ClN3O5PS/c1-24-15-6-5-11(7-13(15)18)8-19-16-12(9-20-17(21-16)28-4)14(22)10-27(23,25-2)26-3/h5-7,9H,8,10H2,1-4H3,(H,19,20,21). The molecule has 0 aliphatic heterocycles. The molecule has 0 atom stereocenters. The van der Waals surface area contributed by atoms with Gasteiger partial charge in [-0.05, 0) is 24.0 Å². The van der Waals surface area contributed by atoms with E-state index in [0.29, 0.717) is 28.3 Å². The van der Waals surface area contributed by atoms with E-state index in [9.17, 15) is 9.36 Å². The number of benzene rings is 1. The number of anilines is 1. The molecule has 0 saturated carbocycles. The Hall–Kier alpha value is -1.64. The summed E-state index contributed by atoms with van der Waals surface area (Å²) in [6.45, 7) is 0.362. The van der Waals surface area contributed by atoms with Gasteiger partial charge in [0.25, 0.3) is 0 Å². The molecule has 0 aliphatic carbocycles. The number of hydrogen-bond donors (Lipinski definition) is 1. The summed E-state index contributed by atoms with van der Waals surface area (Å²) in [7, 11) is 0.506. The molecule has 0 radical (unpaired) electrons. The minimum absolute atomic E-state index is 0.201. The summed E-state index contributed by atoms with van der Waals surface area (Å²) in [5.74, 6) is 0.452. The molecule has 2 aromatic rings. The molecular weight excluding hydrogens is 425 g/mol. The topological polar surface area (TPSA) is 99.6 Å². The number of ether oxygens (including phenoxy) is 1. The fraction of sp³-hybridized carbons (Fsp3) is 0.353. The number of methoxy groups -OCH3 is 1. The first-order valence-corrected chi connectivity index (χ1v) is 11.4. The Labute approximate surface area is 172 Å². The first-order valence-electron chi connectivity index (χ1n) is 8.06. The van der Waals surface area contributed by atoms with Crippen LogP contribution in [0.1, 0.15) is 15.9 Å². The number of Topliss-reactive ketones (excluding diaryl/α,β-unsaturated/α-hetero) is 1. The molecule has 28 heavy (non-hydrogen) atoms. The van der Waals surface area contributed by atoms with E-state index < -0.39 is 19.5 Å². The van der Waals surface area contributed by atoms with E-state index in [1.54, 1.807) is 19.2 Å². The van der Waals surface area contributed by atoms with Crippen LogP contribution in [-0.4, -0.2) is 49.5 Å². The maximum Gasteiger partial charge on any atom is 0.337 e. The fourth-order valence-electron chi connectivity index (χ4n) is 2.27. The van der Waals surface area contributed by atoms with Crippen molar-refractivity contribution in [3.63, 3.8) is 0 Å². The van der Waals surface area contributed by atoms with Crippen molar-refractivity contribution >= 4 is 42.6 Å². The van der Waals surface area contributed by atoms with E-state index >= 15 is 0 Å². The second-order valence-electron chi connectivity index (χ2n) is 5.50. The SMILES string of the molecule is COc1ccc(CNc2nc(SC)ncc2C(=O)CP(=O)(OC)OC)cc1Cl. The van der Waals surface area contributed by atoms with Gasteiger partial charge in [-0.15, -0.1) is 0 Å². The van der Waals surface area contributed by atoms with Gasteiger partial charge in [-0.2, -0.15) is 0 Å². The van der Waals surface area contributed by atoms with Crippen LogP contribution in [-0.2, 0) is 20.2 Å². The third-order valence-electron chi connectivity index (χ3n) is 3.82. The molecule has 0 amide bonds. The molecule has 1 aromatic heterocycles. The van der Waals surface area contributed by atoms with Crippen LogP contribution in [0.5, 0.6) is 5.75 Å². The van der Waals surface area contributed by atoms with Gasteiger partial charge in [0.2, 0.25) is 0 Å². The highest BCUT2D eigenvalue weighted by atomic mass is 35.5. The number of halogens is 1. The molecule has 0 spiro atoms. The van der Waals surface area contributed by atoms with Crippen LogP contribution < -0.4 is 10.1 Å². The number of carbonyl (C=O) groups is 1. The van der Waals surface area contributed by atoms with Crippen LogP contribution in [0.25, 0.3) is 0 Å². The molecule has 152 valence electrons. The monoisotopic (exact) mass is 445 g/mol. The Kier molecular flexibility index (Phi) is 8.27. The number of rotatable bonds is 10. The molecule has 0 unspecified atom stereocenters. The van der Waals surface area contributed by atoms with Crippen molar-refractivity contribution in [1.82, 2.24) is 9.97 Å². The van der Waals surface area contributed by atoms with Gasteiger partial charge in [0.1, 0.15) is 17.7 Å². The molecule has 0 fully saturated rings. The van der Waals surface area contributed by atoms with Crippen LogP contribution in [0.2, 0.25) is 5.02 Å². The predicted molar refractivity (Wildman–Crippen MR) is 110 cm³/mol. The second kappa shape index (κ2) is 10.2. The van der Waals surface area contributed by atoms with Crippen molar-refractivity contribution in [3.05, 3.63) is 40.5 Å². The van der Waals surface area contributed by atoms with Gasteiger partial charge in [0.05, 0.1) is 17.7 Å².